The average Bonchev–Trinajstić information content (AvgIpc) is 3.03. The Hall–Kier alpha value is -4.14. The van der Waals surface area contributed by atoms with Crippen LogP contribution >= 0.6 is 11.6 Å². The van der Waals surface area contributed by atoms with Gasteiger partial charge in [0.05, 0.1) is 10.6 Å². The molecule has 0 saturated heterocycles. The third-order valence-corrected chi connectivity index (χ3v) is 9.23. The zero-order chi connectivity index (χ0) is 30.8. The number of anilines is 1. The molecule has 0 heterocycles. The van der Waals surface area contributed by atoms with E-state index in [0.29, 0.717) is 17.1 Å². The number of nitrogens with zero attached hydrogens (tertiary/aromatic N) is 2. The molecule has 0 bridgehead atoms. The molecule has 0 aromatic heterocycles. The largest absolute Gasteiger partial charge is 0.352 e. The lowest BCUT2D eigenvalue weighted by Gasteiger charge is -2.34. The molecule has 9 heteroatoms. The first kappa shape index (κ1) is 31.8. The van der Waals surface area contributed by atoms with E-state index in [0.717, 1.165) is 15.4 Å². The zero-order valence-electron chi connectivity index (χ0n) is 24.3. The Morgan fingerprint density at radius 1 is 0.791 bits per heavy atom. The van der Waals surface area contributed by atoms with Crippen molar-refractivity contribution in [3.05, 3.63) is 131 Å². The lowest BCUT2D eigenvalue weighted by atomic mass is 10.0. The molecule has 43 heavy (non-hydrogen) atoms. The zero-order valence-corrected chi connectivity index (χ0v) is 25.8. The monoisotopic (exact) mass is 617 g/mol. The molecule has 224 valence electrons. The number of hydrogen-bond acceptors (Lipinski definition) is 4. The summed E-state index contributed by atoms with van der Waals surface area (Å²) < 4.78 is 29.0. The highest BCUT2D eigenvalue weighted by Gasteiger charge is 2.34. The molecule has 4 aromatic rings. The van der Waals surface area contributed by atoms with Gasteiger partial charge in [0, 0.05) is 24.0 Å². The van der Waals surface area contributed by atoms with Crippen LogP contribution in [0.25, 0.3) is 0 Å². The molecule has 0 unspecified atom stereocenters. The summed E-state index contributed by atoms with van der Waals surface area (Å²) in [6, 6.07) is 32.0. The molecule has 0 radical (unpaired) electrons. The minimum atomic E-state index is -4.12. The molecule has 0 aliphatic carbocycles. The van der Waals surface area contributed by atoms with Crippen LogP contribution in [0.15, 0.2) is 120 Å². The Kier molecular flexibility index (Phi) is 11.0. The number of sulfonamides is 1. The molecule has 0 saturated carbocycles. The van der Waals surface area contributed by atoms with Crippen molar-refractivity contribution in [1.82, 2.24) is 10.2 Å². The Bertz CT molecular complexity index is 1590. The van der Waals surface area contributed by atoms with Gasteiger partial charge < -0.3 is 10.2 Å². The van der Waals surface area contributed by atoms with Crippen LogP contribution in [-0.4, -0.2) is 43.8 Å². The number of nitrogens with one attached hydrogen (secondary N) is 1. The number of hydrogen-bond donors (Lipinski definition) is 1. The van der Waals surface area contributed by atoms with Crippen LogP contribution < -0.4 is 9.62 Å². The van der Waals surface area contributed by atoms with E-state index in [4.69, 9.17) is 11.6 Å². The molecule has 1 N–H and O–H groups in total. The van der Waals surface area contributed by atoms with Crippen molar-refractivity contribution >= 4 is 39.1 Å². The normalized spacial score (nSPS) is 12.6. The van der Waals surface area contributed by atoms with Crippen molar-refractivity contribution in [3.8, 4) is 0 Å². The number of halogens is 1. The standard InChI is InChI=1S/C34H36ClN3O4S/c1-3-26(2)36-34(40)32(23-27-13-7-4-8-14-27)37(24-28-19-21-29(35)22-20-28)33(39)25-38(30-15-9-5-10-16-30)43(41,42)31-17-11-6-12-18-31/h4-22,26,32H,3,23-25H2,1-2H3,(H,36,40)/t26-,32-/m1/s1. The number of para-hydroxylation sites is 1. The first-order chi connectivity index (χ1) is 20.7. The molecule has 0 spiro atoms. The third kappa shape index (κ3) is 8.46. The van der Waals surface area contributed by atoms with Crippen molar-refractivity contribution in [3.63, 3.8) is 0 Å². The van der Waals surface area contributed by atoms with E-state index in [1.54, 1.807) is 72.8 Å². The maximum Gasteiger partial charge on any atom is 0.264 e. The van der Waals surface area contributed by atoms with Gasteiger partial charge in [0.2, 0.25) is 11.8 Å². The van der Waals surface area contributed by atoms with Crippen molar-refractivity contribution in [2.75, 3.05) is 10.8 Å². The van der Waals surface area contributed by atoms with Crippen LogP contribution in [-0.2, 0) is 32.6 Å². The smallest absolute Gasteiger partial charge is 0.264 e. The maximum atomic E-state index is 14.4. The van der Waals surface area contributed by atoms with E-state index in [9.17, 15) is 18.0 Å². The minimum absolute atomic E-state index is 0.0613. The van der Waals surface area contributed by atoms with Gasteiger partial charge in [-0.2, -0.15) is 0 Å². The van der Waals surface area contributed by atoms with Crippen molar-refractivity contribution in [2.45, 2.75) is 50.2 Å². The molecule has 4 rings (SSSR count). The van der Waals surface area contributed by atoms with Crippen LogP contribution in [0, 0.1) is 0 Å². The Morgan fingerprint density at radius 2 is 1.35 bits per heavy atom. The summed E-state index contributed by atoms with van der Waals surface area (Å²) in [5.74, 6) is -0.823. The summed E-state index contributed by atoms with van der Waals surface area (Å²) in [6.45, 7) is 3.46. The number of amides is 2. The van der Waals surface area contributed by atoms with E-state index in [1.165, 1.54) is 17.0 Å². The van der Waals surface area contributed by atoms with Gasteiger partial charge >= 0.3 is 0 Å². The van der Waals surface area contributed by atoms with Crippen LogP contribution in [0.3, 0.4) is 0 Å². The fourth-order valence-corrected chi connectivity index (χ4v) is 6.19. The van der Waals surface area contributed by atoms with Gasteiger partial charge in [-0.3, -0.25) is 13.9 Å². The predicted octanol–water partition coefficient (Wildman–Crippen LogP) is 6.09. The van der Waals surface area contributed by atoms with Crippen LogP contribution in [0.4, 0.5) is 5.69 Å². The van der Waals surface area contributed by atoms with E-state index < -0.39 is 28.5 Å². The van der Waals surface area contributed by atoms with Gasteiger partial charge in [-0.05, 0) is 60.9 Å². The number of carbonyl (C=O) groups excluding carboxylic acids is 2. The summed E-state index contributed by atoms with van der Waals surface area (Å²) >= 11 is 6.13. The topological polar surface area (TPSA) is 86.8 Å². The molecule has 0 fully saturated rings. The number of benzene rings is 4. The number of rotatable bonds is 13. The fraction of sp³-hybridized carbons (Fsp3) is 0.235. The van der Waals surface area contributed by atoms with Gasteiger partial charge in [-0.25, -0.2) is 8.42 Å². The second kappa shape index (κ2) is 14.8. The molecular weight excluding hydrogens is 582 g/mol. The third-order valence-electron chi connectivity index (χ3n) is 7.19. The molecule has 0 aliphatic rings. The molecule has 0 aliphatic heterocycles. The first-order valence-electron chi connectivity index (χ1n) is 14.2. The molecule has 7 nitrogen and oxygen atoms in total. The Balaban J connectivity index is 1.78. The van der Waals surface area contributed by atoms with Gasteiger partial charge in [0.15, 0.2) is 0 Å². The SMILES string of the molecule is CC[C@@H](C)NC(=O)[C@@H](Cc1ccccc1)N(Cc1ccc(Cl)cc1)C(=O)CN(c1ccccc1)S(=O)(=O)c1ccccc1. The molecule has 2 atom stereocenters. The van der Waals surface area contributed by atoms with Crippen molar-refractivity contribution in [1.29, 1.82) is 0 Å². The quantitative estimate of drug-likeness (QED) is 0.197. The summed E-state index contributed by atoms with van der Waals surface area (Å²) in [5.41, 5.74) is 1.97. The fourth-order valence-electron chi connectivity index (χ4n) is 4.62. The molecular formula is C34H36ClN3O4S. The second-order valence-corrected chi connectivity index (χ2v) is 12.6. The van der Waals surface area contributed by atoms with Crippen LogP contribution in [0.2, 0.25) is 5.02 Å². The van der Waals surface area contributed by atoms with E-state index in [2.05, 4.69) is 5.32 Å². The predicted molar refractivity (Wildman–Crippen MR) is 171 cm³/mol. The second-order valence-electron chi connectivity index (χ2n) is 10.3. The Morgan fingerprint density at radius 3 is 1.93 bits per heavy atom. The van der Waals surface area contributed by atoms with Gasteiger partial charge in [0.25, 0.3) is 10.0 Å². The minimum Gasteiger partial charge on any atom is -0.352 e. The lowest BCUT2D eigenvalue weighted by molar-refractivity contribution is -0.140. The summed E-state index contributed by atoms with van der Waals surface area (Å²) in [4.78, 5) is 29.7. The van der Waals surface area contributed by atoms with Gasteiger partial charge in [0.1, 0.15) is 12.6 Å². The lowest BCUT2D eigenvalue weighted by Crippen LogP contribution is -2.54. The Labute approximate surface area is 259 Å². The van der Waals surface area contributed by atoms with Crippen LogP contribution in [0.5, 0.6) is 0 Å². The maximum absolute atomic E-state index is 14.4. The average molecular weight is 618 g/mol. The summed E-state index contributed by atoms with van der Waals surface area (Å²) in [6.07, 6.45) is 0.964. The summed E-state index contributed by atoms with van der Waals surface area (Å²) in [7, 11) is -4.12. The molecule has 4 aromatic carbocycles. The van der Waals surface area contributed by atoms with Crippen molar-refractivity contribution < 1.29 is 18.0 Å². The molecule has 2 amide bonds. The van der Waals surface area contributed by atoms with Crippen molar-refractivity contribution in [2.24, 2.45) is 0 Å². The highest BCUT2D eigenvalue weighted by molar-refractivity contribution is 7.92. The van der Waals surface area contributed by atoms with E-state index >= 15 is 0 Å². The highest BCUT2D eigenvalue weighted by Crippen LogP contribution is 2.25. The van der Waals surface area contributed by atoms with Gasteiger partial charge in [-0.15, -0.1) is 0 Å². The summed E-state index contributed by atoms with van der Waals surface area (Å²) in [5, 5.41) is 3.58. The highest BCUT2D eigenvalue weighted by atomic mass is 35.5. The van der Waals surface area contributed by atoms with E-state index in [-0.39, 0.29) is 29.8 Å². The number of carbonyl (C=O) groups is 2. The van der Waals surface area contributed by atoms with Gasteiger partial charge in [-0.1, -0.05) is 97.4 Å². The van der Waals surface area contributed by atoms with E-state index in [1.807, 2.05) is 44.2 Å². The first-order valence-corrected chi connectivity index (χ1v) is 16.0. The van der Waals surface area contributed by atoms with Crippen LogP contribution in [0.1, 0.15) is 31.4 Å².